The highest BCUT2D eigenvalue weighted by Crippen LogP contribution is 2.04. The first-order chi connectivity index (χ1) is 9.11. The minimum Gasteiger partial charge on any atom is -0.351 e. The summed E-state index contributed by atoms with van der Waals surface area (Å²) in [5.74, 6) is -0.253. The monoisotopic (exact) mass is 260 g/mol. The van der Waals surface area contributed by atoms with Crippen LogP contribution in [0, 0.1) is 0 Å². The molecule has 0 bridgehead atoms. The van der Waals surface area contributed by atoms with E-state index >= 15 is 0 Å². The van der Waals surface area contributed by atoms with E-state index in [1.807, 2.05) is 6.07 Å². The van der Waals surface area contributed by atoms with Crippen LogP contribution in [-0.2, 0) is 11.3 Å². The molecule has 0 aliphatic carbocycles. The first-order valence-electron chi connectivity index (χ1n) is 6.05. The maximum atomic E-state index is 12.1. The van der Waals surface area contributed by atoms with Crippen molar-refractivity contribution in [2.75, 3.05) is 6.54 Å². The molecule has 0 aliphatic heterocycles. The van der Waals surface area contributed by atoms with Gasteiger partial charge in [0.15, 0.2) is 0 Å². The van der Waals surface area contributed by atoms with Crippen LogP contribution in [0.4, 0.5) is 0 Å². The number of nitrogens with one attached hydrogen (secondary N) is 1. The Bertz CT molecular complexity index is 650. The average molecular weight is 260 g/mol. The maximum absolute atomic E-state index is 12.1. The molecule has 100 valence electrons. The summed E-state index contributed by atoms with van der Waals surface area (Å²) in [6.07, 6.45) is 1.39. The van der Waals surface area contributed by atoms with Gasteiger partial charge in [-0.2, -0.15) is 0 Å². The van der Waals surface area contributed by atoms with Crippen LogP contribution in [-0.4, -0.2) is 28.0 Å². The second-order valence-corrected chi connectivity index (χ2v) is 4.40. The number of amides is 1. The molecule has 6 nitrogen and oxygen atoms in total. The topological polar surface area (TPSA) is 90.0 Å². The van der Waals surface area contributed by atoms with Crippen LogP contribution in [0.25, 0.3) is 10.9 Å². The summed E-state index contributed by atoms with van der Waals surface area (Å²) in [6, 6.07) is 6.93. The number of hydrogen-bond donors (Lipinski definition) is 2. The average Bonchev–Trinajstić information content (AvgIpc) is 2.42. The van der Waals surface area contributed by atoms with Crippen LogP contribution < -0.4 is 16.6 Å². The highest BCUT2D eigenvalue weighted by molar-refractivity contribution is 5.78. The van der Waals surface area contributed by atoms with E-state index in [1.165, 1.54) is 10.9 Å². The third-order valence-corrected chi connectivity index (χ3v) is 2.81. The van der Waals surface area contributed by atoms with Crippen LogP contribution >= 0.6 is 0 Å². The largest absolute Gasteiger partial charge is 0.351 e. The summed E-state index contributed by atoms with van der Waals surface area (Å²) >= 11 is 0. The lowest BCUT2D eigenvalue weighted by atomic mass is 10.2. The van der Waals surface area contributed by atoms with Crippen LogP contribution in [0.15, 0.2) is 35.4 Å². The van der Waals surface area contributed by atoms with Crippen molar-refractivity contribution in [1.82, 2.24) is 14.9 Å². The fourth-order valence-electron chi connectivity index (χ4n) is 1.75. The molecule has 19 heavy (non-hydrogen) atoms. The van der Waals surface area contributed by atoms with Gasteiger partial charge in [-0.1, -0.05) is 12.1 Å². The number of fused-ring (bicyclic) bond motifs is 1. The standard InChI is InChI=1S/C13H16N4O2/c1-9(6-14)16-12(18)7-17-8-15-11-5-3-2-4-10(11)13(17)19/h2-5,8-9H,6-7,14H2,1H3,(H,16,18)/t9-/m1/s1. The molecule has 1 heterocycles. The predicted octanol–water partition coefficient (Wildman–Crippen LogP) is -0.140. The van der Waals surface area contributed by atoms with Gasteiger partial charge >= 0.3 is 0 Å². The second kappa shape index (κ2) is 5.62. The molecule has 0 saturated heterocycles. The van der Waals surface area contributed by atoms with Crippen LogP contribution in [0.1, 0.15) is 6.92 Å². The van der Waals surface area contributed by atoms with E-state index in [-0.39, 0.29) is 24.1 Å². The molecule has 0 aliphatic rings. The zero-order valence-corrected chi connectivity index (χ0v) is 10.7. The van der Waals surface area contributed by atoms with E-state index in [4.69, 9.17) is 5.73 Å². The predicted molar refractivity (Wildman–Crippen MR) is 72.7 cm³/mol. The van der Waals surface area contributed by atoms with Gasteiger partial charge in [0, 0.05) is 12.6 Å². The van der Waals surface area contributed by atoms with Gasteiger partial charge in [0.25, 0.3) is 5.56 Å². The van der Waals surface area contributed by atoms with E-state index in [0.717, 1.165) is 0 Å². The minimum atomic E-state index is -0.253. The van der Waals surface area contributed by atoms with Crippen molar-refractivity contribution in [3.63, 3.8) is 0 Å². The zero-order valence-electron chi connectivity index (χ0n) is 10.7. The molecule has 2 rings (SSSR count). The number of benzene rings is 1. The second-order valence-electron chi connectivity index (χ2n) is 4.40. The van der Waals surface area contributed by atoms with Crippen LogP contribution in [0.5, 0.6) is 0 Å². The molecule has 0 saturated carbocycles. The van der Waals surface area contributed by atoms with Gasteiger partial charge in [0.05, 0.1) is 17.2 Å². The summed E-state index contributed by atoms with van der Waals surface area (Å²) in [4.78, 5) is 28.0. The number of nitrogens with zero attached hydrogens (tertiary/aromatic N) is 2. The van der Waals surface area contributed by atoms with Crippen molar-refractivity contribution < 1.29 is 4.79 Å². The molecule has 3 N–H and O–H groups in total. The van der Waals surface area contributed by atoms with Crippen molar-refractivity contribution >= 4 is 16.8 Å². The molecule has 2 aromatic rings. The SMILES string of the molecule is C[C@H](CN)NC(=O)Cn1cnc2ccccc2c1=O. The first-order valence-corrected chi connectivity index (χ1v) is 6.05. The van der Waals surface area contributed by atoms with Crippen molar-refractivity contribution in [3.05, 3.63) is 40.9 Å². The quantitative estimate of drug-likeness (QED) is 0.800. The molecule has 0 radical (unpaired) electrons. The Labute approximate surface area is 110 Å². The number of para-hydroxylation sites is 1. The third kappa shape index (κ3) is 2.97. The minimum absolute atomic E-state index is 0.0546. The molecule has 1 atom stereocenters. The third-order valence-electron chi connectivity index (χ3n) is 2.81. The van der Waals surface area contributed by atoms with Gasteiger partial charge in [0.2, 0.25) is 5.91 Å². The molecule has 1 amide bonds. The van der Waals surface area contributed by atoms with Gasteiger partial charge in [-0.3, -0.25) is 14.2 Å². The zero-order chi connectivity index (χ0) is 13.8. The summed E-state index contributed by atoms with van der Waals surface area (Å²) in [5.41, 5.74) is 5.83. The van der Waals surface area contributed by atoms with Gasteiger partial charge < -0.3 is 11.1 Å². The van der Waals surface area contributed by atoms with Crippen molar-refractivity contribution in [3.8, 4) is 0 Å². The molecule has 0 unspecified atom stereocenters. The fraction of sp³-hybridized carbons (Fsp3) is 0.308. The number of nitrogens with two attached hydrogens (primary N) is 1. The number of hydrogen-bond acceptors (Lipinski definition) is 4. The molecule has 6 heteroatoms. The fourth-order valence-corrected chi connectivity index (χ4v) is 1.75. The lowest BCUT2D eigenvalue weighted by Gasteiger charge is -2.12. The number of carbonyl (C=O) groups is 1. The Morgan fingerprint density at radius 1 is 1.47 bits per heavy atom. The van der Waals surface area contributed by atoms with Gasteiger partial charge in [-0.15, -0.1) is 0 Å². The number of aromatic nitrogens is 2. The lowest BCUT2D eigenvalue weighted by molar-refractivity contribution is -0.122. The Morgan fingerprint density at radius 2 is 2.21 bits per heavy atom. The molecule has 1 aromatic carbocycles. The summed E-state index contributed by atoms with van der Waals surface area (Å²) in [6.45, 7) is 2.11. The summed E-state index contributed by atoms with van der Waals surface area (Å²) < 4.78 is 1.29. The first kappa shape index (κ1) is 13.2. The number of carbonyl (C=O) groups excluding carboxylic acids is 1. The smallest absolute Gasteiger partial charge is 0.261 e. The maximum Gasteiger partial charge on any atom is 0.261 e. The Morgan fingerprint density at radius 3 is 2.95 bits per heavy atom. The van der Waals surface area contributed by atoms with E-state index < -0.39 is 0 Å². The Kier molecular flexibility index (Phi) is 3.91. The van der Waals surface area contributed by atoms with Gasteiger partial charge in [0.1, 0.15) is 6.54 Å². The van der Waals surface area contributed by atoms with Crippen molar-refractivity contribution in [2.45, 2.75) is 19.5 Å². The molecule has 0 spiro atoms. The van der Waals surface area contributed by atoms with Gasteiger partial charge in [-0.25, -0.2) is 4.98 Å². The molecular formula is C13H16N4O2. The van der Waals surface area contributed by atoms with Crippen molar-refractivity contribution in [2.24, 2.45) is 5.73 Å². The van der Waals surface area contributed by atoms with E-state index in [1.54, 1.807) is 25.1 Å². The highest BCUT2D eigenvalue weighted by Gasteiger charge is 2.09. The summed E-state index contributed by atoms with van der Waals surface area (Å²) in [5, 5.41) is 3.21. The lowest BCUT2D eigenvalue weighted by Crippen LogP contribution is -2.41. The van der Waals surface area contributed by atoms with Crippen LogP contribution in [0.3, 0.4) is 0 Å². The van der Waals surface area contributed by atoms with E-state index in [0.29, 0.717) is 17.4 Å². The molecule has 1 aromatic heterocycles. The number of rotatable bonds is 4. The van der Waals surface area contributed by atoms with Crippen LogP contribution in [0.2, 0.25) is 0 Å². The summed E-state index contributed by atoms with van der Waals surface area (Å²) in [7, 11) is 0. The highest BCUT2D eigenvalue weighted by atomic mass is 16.2. The van der Waals surface area contributed by atoms with Gasteiger partial charge in [-0.05, 0) is 19.1 Å². The van der Waals surface area contributed by atoms with Crippen molar-refractivity contribution in [1.29, 1.82) is 0 Å². The Balaban J connectivity index is 2.24. The molecule has 0 fully saturated rings. The Hall–Kier alpha value is -2.21. The molecular weight excluding hydrogens is 244 g/mol. The van der Waals surface area contributed by atoms with E-state index in [9.17, 15) is 9.59 Å². The van der Waals surface area contributed by atoms with E-state index in [2.05, 4.69) is 10.3 Å². The normalized spacial score (nSPS) is 12.3.